The van der Waals surface area contributed by atoms with Gasteiger partial charge in [-0.3, -0.25) is 4.79 Å². The Labute approximate surface area is 137 Å². The van der Waals surface area contributed by atoms with Gasteiger partial charge in [-0.05, 0) is 70.1 Å². The van der Waals surface area contributed by atoms with Gasteiger partial charge in [-0.25, -0.2) is 0 Å². The fraction of sp³-hybridized carbons (Fsp3) is 0.611. The average Bonchev–Trinajstić information content (AvgIpc) is 3.09. The Kier molecular flexibility index (Phi) is 5.51. The number of hydrogen-bond donors (Lipinski definition) is 1. The maximum Gasteiger partial charge on any atom is 0.251 e. The van der Waals surface area contributed by atoms with Crippen molar-refractivity contribution in [3.63, 3.8) is 0 Å². The molecule has 2 saturated heterocycles. The summed E-state index contributed by atoms with van der Waals surface area (Å²) < 4.78 is 11.3. The van der Waals surface area contributed by atoms with Crippen LogP contribution in [0.5, 0.6) is 5.75 Å². The number of ether oxygens (including phenoxy) is 2. The van der Waals surface area contributed by atoms with Crippen molar-refractivity contribution in [2.45, 2.75) is 37.8 Å². The Morgan fingerprint density at radius 2 is 2.00 bits per heavy atom. The highest BCUT2D eigenvalue weighted by molar-refractivity contribution is 5.94. The largest absolute Gasteiger partial charge is 0.491 e. The van der Waals surface area contributed by atoms with E-state index in [1.807, 2.05) is 24.3 Å². The lowest BCUT2D eigenvalue weighted by molar-refractivity contribution is 0.0679. The van der Waals surface area contributed by atoms with Gasteiger partial charge in [0.25, 0.3) is 5.91 Å². The smallest absolute Gasteiger partial charge is 0.251 e. The second-order valence-corrected chi connectivity index (χ2v) is 6.52. The monoisotopic (exact) mass is 318 g/mol. The van der Waals surface area contributed by atoms with Gasteiger partial charge in [0.2, 0.25) is 0 Å². The third kappa shape index (κ3) is 4.69. The number of amides is 1. The van der Waals surface area contributed by atoms with Crippen LogP contribution in [0.4, 0.5) is 0 Å². The van der Waals surface area contributed by atoms with Crippen LogP contribution >= 0.6 is 0 Å². The molecule has 2 fully saturated rings. The Balaban J connectivity index is 1.47. The first-order chi connectivity index (χ1) is 11.2. The Morgan fingerprint density at radius 1 is 1.26 bits per heavy atom. The fourth-order valence-electron chi connectivity index (χ4n) is 3.09. The van der Waals surface area contributed by atoms with E-state index in [9.17, 15) is 4.79 Å². The molecule has 1 atom stereocenters. The average molecular weight is 318 g/mol. The number of carbonyl (C=O) groups excluding carboxylic acids is 1. The van der Waals surface area contributed by atoms with Gasteiger partial charge < -0.3 is 19.7 Å². The second-order valence-electron chi connectivity index (χ2n) is 6.52. The molecule has 0 bridgehead atoms. The van der Waals surface area contributed by atoms with Crippen molar-refractivity contribution >= 4 is 5.91 Å². The molecule has 1 aromatic rings. The van der Waals surface area contributed by atoms with Crippen molar-refractivity contribution in [2.24, 2.45) is 0 Å². The maximum absolute atomic E-state index is 12.3. The van der Waals surface area contributed by atoms with Crippen LogP contribution in [0.2, 0.25) is 0 Å². The molecular weight excluding hydrogens is 292 g/mol. The summed E-state index contributed by atoms with van der Waals surface area (Å²) in [5.41, 5.74) is 0.688. The lowest BCUT2D eigenvalue weighted by atomic mass is 10.0. The van der Waals surface area contributed by atoms with Crippen LogP contribution in [0.15, 0.2) is 24.3 Å². The molecule has 2 aliphatic heterocycles. The summed E-state index contributed by atoms with van der Waals surface area (Å²) in [6.07, 6.45) is 4.43. The topological polar surface area (TPSA) is 50.8 Å². The molecule has 0 aromatic heterocycles. The van der Waals surface area contributed by atoms with Crippen molar-refractivity contribution in [2.75, 3.05) is 33.4 Å². The van der Waals surface area contributed by atoms with E-state index in [2.05, 4.69) is 17.3 Å². The van der Waals surface area contributed by atoms with Crippen molar-refractivity contribution in [3.8, 4) is 5.75 Å². The summed E-state index contributed by atoms with van der Waals surface area (Å²) in [5.74, 6) is 0.793. The molecule has 1 amide bonds. The molecule has 126 valence electrons. The van der Waals surface area contributed by atoms with Crippen LogP contribution in [-0.2, 0) is 4.74 Å². The lowest BCUT2D eigenvalue weighted by Gasteiger charge is -2.29. The number of carbonyl (C=O) groups is 1. The Morgan fingerprint density at radius 3 is 2.65 bits per heavy atom. The first kappa shape index (κ1) is 16.3. The number of nitrogens with one attached hydrogen (secondary N) is 1. The van der Waals surface area contributed by atoms with E-state index < -0.39 is 0 Å². The first-order valence-electron chi connectivity index (χ1n) is 8.54. The number of nitrogens with zero attached hydrogens (tertiary/aromatic N) is 1. The standard InChI is InChI=1S/C18H26N2O3/c1-20-10-8-15(9-11-20)19-18(21)14-4-6-16(7-5-14)23-13-17-3-2-12-22-17/h4-7,15,17H,2-3,8-13H2,1H3,(H,19,21). The number of likely N-dealkylation sites (tertiary alicyclic amines) is 1. The molecule has 23 heavy (non-hydrogen) atoms. The summed E-state index contributed by atoms with van der Waals surface area (Å²) >= 11 is 0. The van der Waals surface area contributed by atoms with Gasteiger partial charge in [0, 0.05) is 18.2 Å². The van der Waals surface area contributed by atoms with E-state index in [1.165, 1.54) is 0 Å². The van der Waals surface area contributed by atoms with Gasteiger partial charge in [-0.2, -0.15) is 0 Å². The molecule has 2 aliphatic rings. The van der Waals surface area contributed by atoms with Crippen LogP contribution in [0, 0.1) is 0 Å². The number of rotatable bonds is 5. The van der Waals surface area contributed by atoms with Crippen molar-refractivity contribution in [1.82, 2.24) is 10.2 Å². The normalized spacial score (nSPS) is 22.9. The first-order valence-corrected chi connectivity index (χ1v) is 8.54. The van der Waals surface area contributed by atoms with Crippen LogP contribution in [0.25, 0.3) is 0 Å². The zero-order valence-electron chi connectivity index (χ0n) is 13.8. The molecule has 5 heteroatoms. The minimum absolute atomic E-state index is 0.00484. The fourth-order valence-corrected chi connectivity index (χ4v) is 3.09. The molecule has 1 unspecified atom stereocenters. The van der Waals surface area contributed by atoms with Gasteiger partial charge in [0.05, 0.1) is 6.10 Å². The van der Waals surface area contributed by atoms with Crippen molar-refractivity contribution in [3.05, 3.63) is 29.8 Å². The lowest BCUT2D eigenvalue weighted by Crippen LogP contribution is -2.43. The van der Waals surface area contributed by atoms with Crippen molar-refractivity contribution < 1.29 is 14.3 Å². The van der Waals surface area contributed by atoms with Crippen LogP contribution in [0.1, 0.15) is 36.0 Å². The molecule has 0 radical (unpaired) electrons. The maximum atomic E-state index is 12.3. The molecular formula is C18H26N2O3. The van der Waals surface area contributed by atoms with Gasteiger partial charge in [0.15, 0.2) is 0 Å². The third-order valence-electron chi connectivity index (χ3n) is 4.63. The predicted octanol–water partition coefficient (Wildman–Crippen LogP) is 2.07. The molecule has 1 N–H and O–H groups in total. The van der Waals surface area contributed by atoms with E-state index in [0.717, 1.165) is 51.1 Å². The molecule has 2 heterocycles. The minimum Gasteiger partial charge on any atom is -0.491 e. The van der Waals surface area contributed by atoms with E-state index in [1.54, 1.807) is 0 Å². The SMILES string of the molecule is CN1CCC(NC(=O)c2ccc(OCC3CCCO3)cc2)CC1. The van der Waals surface area contributed by atoms with E-state index in [-0.39, 0.29) is 18.1 Å². The molecule has 0 saturated carbocycles. The van der Waals surface area contributed by atoms with E-state index in [0.29, 0.717) is 12.2 Å². The summed E-state index contributed by atoms with van der Waals surface area (Å²) in [6.45, 7) is 3.51. The van der Waals surface area contributed by atoms with Crippen molar-refractivity contribution in [1.29, 1.82) is 0 Å². The zero-order chi connectivity index (χ0) is 16.1. The highest BCUT2D eigenvalue weighted by Gasteiger charge is 2.19. The summed E-state index contributed by atoms with van der Waals surface area (Å²) in [6, 6.07) is 7.66. The summed E-state index contributed by atoms with van der Waals surface area (Å²) in [5, 5.41) is 3.13. The predicted molar refractivity (Wildman–Crippen MR) is 88.9 cm³/mol. The van der Waals surface area contributed by atoms with Crippen LogP contribution in [-0.4, -0.2) is 56.3 Å². The van der Waals surface area contributed by atoms with Gasteiger partial charge in [-0.15, -0.1) is 0 Å². The molecule has 0 spiro atoms. The highest BCUT2D eigenvalue weighted by atomic mass is 16.5. The number of benzene rings is 1. The number of piperidine rings is 1. The van der Waals surface area contributed by atoms with Gasteiger partial charge in [-0.1, -0.05) is 0 Å². The van der Waals surface area contributed by atoms with Crippen LogP contribution < -0.4 is 10.1 Å². The van der Waals surface area contributed by atoms with E-state index in [4.69, 9.17) is 9.47 Å². The Hall–Kier alpha value is -1.59. The molecule has 5 nitrogen and oxygen atoms in total. The van der Waals surface area contributed by atoms with E-state index >= 15 is 0 Å². The highest BCUT2D eigenvalue weighted by Crippen LogP contribution is 2.17. The third-order valence-corrected chi connectivity index (χ3v) is 4.63. The summed E-state index contributed by atoms with van der Waals surface area (Å²) in [7, 11) is 2.12. The second kappa shape index (κ2) is 7.79. The quantitative estimate of drug-likeness (QED) is 0.903. The number of hydrogen-bond acceptors (Lipinski definition) is 4. The Bertz CT molecular complexity index is 504. The molecule has 3 rings (SSSR count). The zero-order valence-corrected chi connectivity index (χ0v) is 13.8. The molecule has 0 aliphatic carbocycles. The molecule has 1 aromatic carbocycles. The van der Waals surface area contributed by atoms with Gasteiger partial charge >= 0.3 is 0 Å². The summed E-state index contributed by atoms with van der Waals surface area (Å²) in [4.78, 5) is 14.6. The minimum atomic E-state index is 0.00484. The van der Waals surface area contributed by atoms with Crippen LogP contribution in [0.3, 0.4) is 0 Å². The van der Waals surface area contributed by atoms with Gasteiger partial charge in [0.1, 0.15) is 12.4 Å².